The number of aromatic nitrogens is 4. The summed E-state index contributed by atoms with van der Waals surface area (Å²) in [5.41, 5.74) is 3.89. The Balaban J connectivity index is 1.70. The number of aryl methyl sites for hydroxylation is 1. The zero-order chi connectivity index (χ0) is 23.3. The number of anilines is 3. The summed E-state index contributed by atoms with van der Waals surface area (Å²) in [6.07, 6.45) is 5.46. The van der Waals surface area contributed by atoms with E-state index in [1.165, 1.54) is 12.1 Å². The second-order valence-corrected chi connectivity index (χ2v) is 7.44. The van der Waals surface area contributed by atoms with E-state index in [-0.39, 0.29) is 11.7 Å². The van der Waals surface area contributed by atoms with Crippen LogP contribution in [-0.2, 0) is 17.9 Å². The van der Waals surface area contributed by atoms with Gasteiger partial charge in [0.15, 0.2) is 5.82 Å². The molecule has 2 aromatic heterocycles. The van der Waals surface area contributed by atoms with E-state index in [1.807, 2.05) is 20.0 Å². The lowest BCUT2D eigenvalue weighted by Crippen LogP contribution is -2.29. The number of rotatable bonds is 8. The van der Waals surface area contributed by atoms with Gasteiger partial charge in [0.1, 0.15) is 11.5 Å². The van der Waals surface area contributed by atoms with Gasteiger partial charge in [-0.05, 0) is 38.5 Å². The molecule has 1 amide bonds. The quantitative estimate of drug-likeness (QED) is 0.522. The molecule has 0 saturated carbocycles. The summed E-state index contributed by atoms with van der Waals surface area (Å²) in [6, 6.07) is 6.36. The first-order valence-corrected chi connectivity index (χ1v) is 10.3. The minimum atomic E-state index is -0.256. The van der Waals surface area contributed by atoms with Gasteiger partial charge in [-0.1, -0.05) is 18.2 Å². The molecule has 32 heavy (non-hydrogen) atoms. The van der Waals surface area contributed by atoms with Crippen LogP contribution in [0, 0.1) is 12.7 Å². The Kier molecular flexibility index (Phi) is 7.19. The summed E-state index contributed by atoms with van der Waals surface area (Å²) in [6.45, 7) is 6.50. The molecule has 0 unspecified atom stereocenters. The molecule has 0 atom stereocenters. The van der Waals surface area contributed by atoms with E-state index >= 15 is 0 Å². The number of halogens is 1. The fourth-order valence-corrected chi connectivity index (χ4v) is 3.25. The summed E-state index contributed by atoms with van der Waals surface area (Å²) in [5.74, 6) is 0.649. The number of nitrogens with one attached hydrogen (secondary N) is 2. The highest BCUT2D eigenvalue weighted by Crippen LogP contribution is 2.28. The van der Waals surface area contributed by atoms with Crippen molar-refractivity contribution in [2.45, 2.75) is 33.9 Å². The Morgan fingerprint density at radius 2 is 1.94 bits per heavy atom. The molecule has 0 aliphatic rings. The average molecular weight is 438 g/mol. The summed E-state index contributed by atoms with van der Waals surface area (Å²) < 4.78 is 14.9. The lowest BCUT2D eigenvalue weighted by atomic mass is 10.2. The van der Waals surface area contributed by atoms with Crippen LogP contribution in [0.2, 0.25) is 0 Å². The monoisotopic (exact) mass is 437 g/mol. The molecule has 0 aliphatic carbocycles. The third kappa shape index (κ3) is 5.29. The molecule has 0 saturated heterocycles. The van der Waals surface area contributed by atoms with Crippen molar-refractivity contribution < 1.29 is 9.18 Å². The first-order valence-electron chi connectivity index (χ1n) is 10.3. The normalized spacial score (nSPS) is 11.4. The Labute approximate surface area is 187 Å². The van der Waals surface area contributed by atoms with Crippen molar-refractivity contribution >= 4 is 23.4 Å². The number of allylic oxidation sites excluding steroid dienone is 1. The third-order valence-corrected chi connectivity index (χ3v) is 5.10. The van der Waals surface area contributed by atoms with Crippen molar-refractivity contribution in [1.82, 2.24) is 19.7 Å². The van der Waals surface area contributed by atoms with E-state index in [1.54, 1.807) is 55.0 Å². The number of likely N-dealkylation sites (N-methyl/N-ethyl adjacent to an activating group) is 1. The molecule has 0 spiro atoms. The van der Waals surface area contributed by atoms with Crippen molar-refractivity contribution in [3.8, 4) is 0 Å². The summed E-state index contributed by atoms with van der Waals surface area (Å²) >= 11 is 0. The Morgan fingerprint density at radius 3 is 2.59 bits per heavy atom. The van der Waals surface area contributed by atoms with Crippen molar-refractivity contribution in [2.24, 2.45) is 0 Å². The van der Waals surface area contributed by atoms with Gasteiger partial charge in [0.05, 0.1) is 18.4 Å². The lowest BCUT2D eigenvalue weighted by Gasteiger charge is -2.22. The number of benzene rings is 1. The van der Waals surface area contributed by atoms with Crippen LogP contribution in [0.1, 0.15) is 30.7 Å². The second kappa shape index (κ2) is 10.0. The zero-order valence-electron chi connectivity index (χ0n) is 19.0. The van der Waals surface area contributed by atoms with Crippen LogP contribution in [-0.4, -0.2) is 39.8 Å². The van der Waals surface area contributed by atoms with Crippen molar-refractivity contribution in [1.29, 1.82) is 0 Å². The summed E-state index contributed by atoms with van der Waals surface area (Å²) in [5, 5.41) is 10.6. The van der Waals surface area contributed by atoms with Gasteiger partial charge in [0, 0.05) is 38.0 Å². The number of hydrogen-bond acceptors (Lipinski definition) is 6. The summed E-state index contributed by atoms with van der Waals surface area (Å²) in [4.78, 5) is 23.2. The molecule has 2 heterocycles. The maximum atomic E-state index is 13.1. The topological polar surface area (TPSA) is 88.0 Å². The van der Waals surface area contributed by atoms with Gasteiger partial charge in [-0.25, -0.2) is 9.37 Å². The molecule has 168 valence electrons. The highest BCUT2D eigenvalue weighted by molar-refractivity contribution is 6.06. The van der Waals surface area contributed by atoms with Gasteiger partial charge in [0.25, 0.3) is 5.91 Å². The Hall–Kier alpha value is -3.75. The molecule has 3 rings (SSSR count). The van der Waals surface area contributed by atoms with Gasteiger partial charge in [-0.15, -0.1) is 0 Å². The first-order chi connectivity index (χ1) is 15.3. The molecular formula is C23H28FN7O. The summed E-state index contributed by atoms with van der Waals surface area (Å²) in [7, 11) is 3.47. The van der Waals surface area contributed by atoms with E-state index in [2.05, 4.69) is 25.7 Å². The molecule has 0 radical (unpaired) electrons. The molecule has 2 N–H and O–H groups in total. The average Bonchev–Trinajstić information content (AvgIpc) is 3.24. The lowest BCUT2D eigenvalue weighted by molar-refractivity contribution is -0.114. The standard InChI is InChI=1S/C23H28FN7O/c1-6-15(2)22(32)30(5)20-16(3)28-23(29-21(20)25-4)26-11-18-12-27-31(14-18)13-17-7-9-19(24)10-8-17/h6-10,12,14H,11,13H2,1-5H3,(H2,25,26,28,29)/b15-6-. The molecule has 3 aromatic rings. The number of nitrogens with zero attached hydrogens (tertiary/aromatic N) is 5. The van der Waals surface area contributed by atoms with Crippen molar-refractivity contribution in [3.05, 3.63) is 70.9 Å². The van der Waals surface area contributed by atoms with E-state index in [0.717, 1.165) is 11.1 Å². The van der Waals surface area contributed by atoms with E-state index in [9.17, 15) is 9.18 Å². The predicted molar refractivity (Wildman–Crippen MR) is 124 cm³/mol. The molecule has 1 aromatic carbocycles. The van der Waals surface area contributed by atoms with Gasteiger partial charge >= 0.3 is 0 Å². The molecule has 8 nitrogen and oxygen atoms in total. The first kappa shape index (κ1) is 22.9. The molecular weight excluding hydrogens is 409 g/mol. The van der Waals surface area contributed by atoms with Crippen LogP contribution in [0.4, 0.5) is 21.8 Å². The molecule has 0 bridgehead atoms. The zero-order valence-corrected chi connectivity index (χ0v) is 19.0. The largest absolute Gasteiger partial charge is 0.371 e. The minimum Gasteiger partial charge on any atom is -0.371 e. The molecule has 9 heteroatoms. The highest BCUT2D eigenvalue weighted by Gasteiger charge is 2.20. The highest BCUT2D eigenvalue weighted by atomic mass is 19.1. The van der Waals surface area contributed by atoms with E-state index in [4.69, 9.17) is 0 Å². The van der Waals surface area contributed by atoms with Crippen LogP contribution in [0.25, 0.3) is 0 Å². The number of hydrogen-bond donors (Lipinski definition) is 2. The van der Waals surface area contributed by atoms with Crippen LogP contribution < -0.4 is 15.5 Å². The van der Waals surface area contributed by atoms with Crippen LogP contribution in [0.3, 0.4) is 0 Å². The van der Waals surface area contributed by atoms with Crippen LogP contribution >= 0.6 is 0 Å². The molecule has 0 fully saturated rings. The maximum absolute atomic E-state index is 13.1. The second-order valence-electron chi connectivity index (χ2n) is 7.44. The number of carbonyl (C=O) groups is 1. The van der Waals surface area contributed by atoms with Gasteiger partial charge < -0.3 is 15.5 Å². The minimum absolute atomic E-state index is 0.107. The Morgan fingerprint density at radius 1 is 1.22 bits per heavy atom. The molecule has 0 aliphatic heterocycles. The maximum Gasteiger partial charge on any atom is 0.253 e. The SMILES string of the molecule is C/C=C(/C)C(=O)N(C)c1c(C)nc(NCc2cnn(Cc3ccc(F)cc3)c2)nc1NC. The van der Waals surface area contributed by atoms with E-state index in [0.29, 0.717) is 41.8 Å². The van der Waals surface area contributed by atoms with Gasteiger partial charge in [-0.3, -0.25) is 9.48 Å². The van der Waals surface area contributed by atoms with Gasteiger partial charge in [0.2, 0.25) is 5.95 Å². The number of carbonyl (C=O) groups excluding carboxylic acids is 1. The van der Waals surface area contributed by atoms with Crippen molar-refractivity contribution in [3.63, 3.8) is 0 Å². The predicted octanol–water partition coefficient (Wildman–Crippen LogP) is 3.75. The fourth-order valence-electron chi connectivity index (χ4n) is 3.25. The third-order valence-electron chi connectivity index (χ3n) is 5.10. The van der Waals surface area contributed by atoms with E-state index < -0.39 is 0 Å². The van der Waals surface area contributed by atoms with Crippen LogP contribution in [0.15, 0.2) is 48.3 Å². The van der Waals surface area contributed by atoms with Gasteiger partial charge in [-0.2, -0.15) is 10.1 Å². The smallest absolute Gasteiger partial charge is 0.253 e. The van der Waals surface area contributed by atoms with Crippen LogP contribution in [0.5, 0.6) is 0 Å². The number of amides is 1. The van der Waals surface area contributed by atoms with Crippen molar-refractivity contribution in [2.75, 3.05) is 29.6 Å². The fraction of sp³-hybridized carbons (Fsp3) is 0.304. The Bertz CT molecular complexity index is 1120.